The zero-order chi connectivity index (χ0) is 13.3. The van der Waals surface area contributed by atoms with Gasteiger partial charge in [-0.15, -0.1) is 10.2 Å². The third kappa shape index (κ3) is 2.56. The van der Waals surface area contributed by atoms with E-state index in [9.17, 15) is 0 Å². The van der Waals surface area contributed by atoms with Gasteiger partial charge in [0.25, 0.3) is 0 Å². The van der Waals surface area contributed by atoms with Crippen molar-refractivity contribution in [2.45, 2.75) is 20.8 Å². The Morgan fingerprint density at radius 1 is 1.00 bits per heavy atom. The molecule has 5 nitrogen and oxygen atoms in total. The molecule has 2 rings (SSSR count). The van der Waals surface area contributed by atoms with Gasteiger partial charge in [-0.3, -0.25) is 0 Å². The molecule has 2 aromatic rings. The molecule has 0 radical (unpaired) electrons. The van der Waals surface area contributed by atoms with Gasteiger partial charge in [-0.25, -0.2) is 4.98 Å². The number of thiazole rings is 1. The monoisotopic (exact) mass is 281 g/mol. The third-order valence-electron chi connectivity index (χ3n) is 2.51. The van der Waals surface area contributed by atoms with Crippen LogP contribution in [0.5, 0.6) is 0 Å². The molecule has 0 aliphatic heterocycles. The number of rotatable bonds is 3. The van der Waals surface area contributed by atoms with E-state index in [1.807, 2.05) is 39.8 Å². The van der Waals surface area contributed by atoms with E-state index in [1.54, 1.807) is 0 Å². The molecular formula is C11H15N5S2. The van der Waals surface area contributed by atoms with E-state index in [0.29, 0.717) is 0 Å². The summed E-state index contributed by atoms with van der Waals surface area (Å²) in [5.41, 5.74) is 3.02. The smallest absolute Gasteiger partial charge is 0.187 e. The summed E-state index contributed by atoms with van der Waals surface area (Å²) in [5.74, 6) is 0. The van der Waals surface area contributed by atoms with Crippen molar-refractivity contribution >= 4 is 38.0 Å². The summed E-state index contributed by atoms with van der Waals surface area (Å²) in [6.45, 7) is 5.94. The molecule has 0 aliphatic carbocycles. The first kappa shape index (κ1) is 13.1. The van der Waals surface area contributed by atoms with E-state index in [0.717, 1.165) is 32.1 Å². The molecule has 0 atom stereocenters. The Morgan fingerprint density at radius 3 is 2.17 bits per heavy atom. The van der Waals surface area contributed by atoms with Crippen molar-refractivity contribution in [1.82, 2.24) is 9.36 Å². The number of hydrogen-bond donors (Lipinski definition) is 0. The summed E-state index contributed by atoms with van der Waals surface area (Å²) in [6, 6.07) is 0. The lowest BCUT2D eigenvalue weighted by molar-refractivity contribution is 1.08. The molecule has 0 amide bonds. The van der Waals surface area contributed by atoms with Crippen molar-refractivity contribution in [2.75, 3.05) is 19.0 Å². The highest BCUT2D eigenvalue weighted by Crippen LogP contribution is 2.34. The average Bonchev–Trinajstić information content (AvgIpc) is 2.83. The lowest BCUT2D eigenvalue weighted by Crippen LogP contribution is -2.07. The highest BCUT2D eigenvalue weighted by atomic mass is 32.1. The second-order valence-electron chi connectivity index (χ2n) is 4.18. The minimum Gasteiger partial charge on any atom is -0.354 e. The van der Waals surface area contributed by atoms with Crippen molar-refractivity contribution < 1.29 is 0 Å². The van der Waals surface area contributed by atoms with E-state index in [-0.39, 0.29) is 0 Å². The van der Waals surface area contributed by atoms with Crippen molar-refractivity contribution in [3.63, 3.8) is 0 Å². The molecule has 0 saturated heterocycles. The molecule has 96 valence electrons. The maximum Gasteiger partial charge on any atom is 0.187 e. The number of aryl methyl sites for hydroxylation is 2. The molecule has 18 heavy (non-hydrogen) atoms. The molecule has 0 aromatic carbocycles. The normalized spacial score (nSPS) is 11.4. The third-order valence-corrected chi connectivity index (χ3v) is 4.64. The highest BCUT2D eigenvalue weighted by molar-refractivity contribution is 7.19. The Kier molecular flexibility index (Phi) is 3.72. The summed E-state index contributed by atoms with van der Waals surface area (Å²) < 4.78 is 4.25. The largest absolute Gasteiger partial charge is 0.354 e. The van der Waals surface area contributed by atoms with Gasteiger partial charge in [-0.05, 0) is 32.3 Å². The number of hydrogen-bond acceptors (Lipinski definition) is 7. The van der Waals surface area contributed by atoms with Crippen molar-refractivity contribution in [2.24, 2.45) is 10.2 Å². The first-order valence-corrected chi connectivity index (χ1v) is 7.07. The number of anilines is 1. The molecule has 0 saturated carbocycles. The Hall–Kier alpha value is -1.34. The molecule has 2 heterocycles. The second-order valence-corrected chi connectivity index (χ2v) is 5.89. The first-order chi connectivity index (χ1) is 8.49. The second kappa shape index (κ2) is 5.11. The van der Waals surface area contributed by atoms with Crippen LogP contribution in [-0.4, -0.2) is 23.5 Å². The maximum atomic E-state index is 4.43. The van der Waals surface area contributed by atoms with Crippen LogP contribution in [0.15, 0.2) is 10.2 Å². The summed E-state index contributed by atoms with van der Waals surface area (Å²) in [6.07, 6.45) is 0. The highest BCUT2D eigenvalue weighted by Gasteiger charge is 2.09. The van der Waals surface area contributed by atoms with Crippen LogP contribution < -0.4 is 4.90 Å². The molecular weight excluding hydrogens is 266 g/mol. The Balaban J connectivity index is 2.26. The summed E-state index contributed by atoms with van der Waals surface area (Å²) >= 11 is 2.92. The average molecular weight is 281 g/mol. The van der Waals surface area contributed by atoms with Crippen LogP contribution in [0.25, 0.3) is 0 Å². The van der Waals surface area contributed by atoms with Gasteiger partial charge in [-0.1, -0.05) is 11.3 Å². The minimum absolute atomic E-state index is 0.851. The Labute approximate surface area is 114 Å². The van der Waals surface area contributed by atoms with E-state index in [2.05, 4.69) is 19.6 Å². The van der Waals surface area contributed by atoms with Crippen molar-refractivity contribution in [3.8, 4) is 0 Å². The predicted octanol–water partition coefficient (Wildman–Crippen LogP) is 4.01. The topological polar surface area (TPSA) is 53.7 Å². The summed E-state index contributed by atoms with van der Waals surface area (Å²) in [5, 5.41) is 11.2. The zero-order valence-electron chi connectivity index (χ0n) is 11.1. The fourth-order valence-electron chi connectivity index (χ4n) is 1.25. The van der Waals surface area contributed by atoms with Crippen LogP contribution in [0.2, 0.25) is 0 Å². The Morgan fingerprint density at radius 2 is 1.67 bits per heavy atom. The molecule has 2 aromatic heterocycles. The molecule has 0 unspecified atom stereocenters. The summed E-state index contributed by atoms with van der Waals surface area (Å²) in [7, 11) is 3.94. The van der Waals surface area contributed by atoms with Crippen LogP contribution in [0.1, 0.15) is 17.0 Å². The molecule has 0 fully saturated rings. The SMILES string of the molecule is Cc1nc(N(C)C)sc1/N=N\c1snc(C)c1C. The molecule has 7 heteroatoms. The number of aromatic nitrogens is 2. The number of azo groups is 1. The van der Waals surface area contributed by atoms with Gasteiger partial charge in [0.2, 0.25) is 0 Å². The minimum atomic E-state index is 0.851. The fraction of sp³-hybridized carbons (Fsp3) is 0.455. The predicted molar refractivity (Wildman–Crippen MR) is 76.9 cm³/mol. The van der Waals surface area contributed by atoms with E-state index < -0.39 is 0 Å². The van der Waals surface area contributed by atoms with Crippen LogP contribution in [0.4, 0.5) is 15.1 Å². The number of nitrogens with zero attached hydrogens (tertiary/aromatic N) is 5. The molecule has 0 bridgehead atoms. The lowest BCUT2D eigenvalue weighted by atomic mass is 10.3. The summed E-state index contributed by atoms with van der Waals surface area (Å²) in [4.78, 5) is 6.40. The molecule has 0 aliphatic rings. The van der Waals surface area contributed by atoms with Crippen molar-refractivity contribution in [3.05, 3.63) is 17.0 Å². The standard InChI is InChI=1S/C11H15N5S2/c1-6-7(2)15-18-9(6)13-14-10-8(3)12-11(17-10)16(4)5/h1-5H3/b14-13-. The van der Waals surface area contributed by atoms with Gasteiger partial charge in [-0.2, -0.15) is 4.37 Å². The Bertz CT molecular complexity index is 582. The molecule has 0 N–H and O–H groups in total. The first-order valence-electron chi connectivity index (χ1n) is 5.48. The molecule has 0 spiro atoms. The quantitative estimate of drug-likeness (QED) is 0.799. The van der Waals surface area contributed by atoms with Gasteiger partial charge in [0.05, 0.1) is 11.4 Å². The van der Waals surface area contributed by atoms with E-state index in [4.69, 9.17) is 0 Å². The van der Waals surface area contributed by atoms with E-state index >= 15 is 0 Å². The van der Waals surface area contributed by atoms with Crippen molar-refractivity contribution in [1.29, 1.82) is 0 Å². The van der Waals surface area contributed by atoms with Gasteiger partial charge >= 0.3 is 0 Å². The van der Waals surface area contributed by atoms with Crippen LogP contribution in [-0.2, 0) is 0 Å². The van der Waals surface area contributed by atoms with Gasteiger partial charge in [0, 0.05) is 19.7 Å². The van der Waals surface area contributed by atoms with Crippen LogP contribution in [0.3, 0.4) is 0 Å². The lowest BCUT2D eigenvalue weighted by Gasteiger charge is -2.04. The van der Waals surface area contributed by atoms with Gasteiger partial charge < -0.3 is 4.90 Å². The van der Waals surface area contributed by atoms with Gasteiger partial charge in [0.1, 0.15) is 0 Å². The van der Waals surface area contributed by atoms with Crippen LogP contribution in [0, 0.1) is 20.8 Å². The zero-order valence-corrected chi connectivity index (χ0v) is 12.7. The maximum absolute atomic E-state index is 4.43. The fourth-order valence-corrected chi connectivity index (χ4v) is 2.78. The van der Waals surface area contributed by atoms with Crippen LogP contribution >= 0.6 is 22.9 Å². The van der Waals surface area contributed by atoms with Gasteiger partial charge in [0.15, 0.2) is 15.1 Å². The van der Waals surface area contributed by atoms with E-state index in [1.165, 1.54) is 22.9 Å².